The molecule has 0 unspecified atom stereocenters. The lowest BCUT2D eigenvalue weighted by Gasteiger charge is -2.15. The van der Waals surface area contributed by atoms with Crippen molar-refractivity contribution in [2.75, 3.05) is 12.4 Å². The molecule has 2 rings (SSSR count). The van der Waals surface area contributed by atoms with Crippen molar-refractivity contribution in [1.29, 1.82) is 5.26 Å². The Bertz CT molecular complexity index is 904. The van der Waals surface area contributed by atoms with Crippen LogP contribution in [0.3, 0.4) is 0 Å². The molecular formula is C16H12ClF3N2O2S. The maximum atomic E-state index is 13.2. The molecule has 0 saturated heterocycles. The maximum absolute atomic E-state index is 13.2. The Hall–Kier alpha value is -2.08. The first kappa shape index (κ1) is 19.2. The van der Waals surface area contributed by atoms with Crippen LogP contribution in [0.4, 0.5) is 13.2 Å². The van der Waals surface area contributed by atoms with Crippen LogP contribution in [0.15, 0.2) is 47.4 Å². The second-order valence-electron chi connectivity index (χ2n) is 4.95. The lowest BCUT2D eigenvalue weighted by Crippen LogP contribution is -2.25. The molecular weight excluding hydrogens is 377 g/mol. The summed E-state index contributed by atoms with van der Waals surface area (Å²) >= 11 is 5.43. The zero-order valence-corrected chi connectivity index (χ0v) is 14.2. The zero-order valence-electron chi connectivity index (χ0n) is 12.6. The highest BCUT2D eigenvalue weighted by molar-refractivity contribution is 7.89. The molecule has 0 fully saturated rings. The molecule has 0 atom stereocenters. The van der Waals surface area contributed by atoms with Gasteiger partial charge < -0.3 is 0 Å². The molecule has 0 heterocycles. The summed E-state index contributed by atoms with van der Waals surface area (Å²) in [5, 5.41) is 9.12. The number of sulfonamides is 1. The number of halogens is 4. The quantitative estimate of drug-likeness (QED) is 0.793. The monoisotopic (exact) mass is 388 g/mol. The van der Waals surface area contributed by atoms with Crippen molar-refractivity contribution in [3.63, 3.8) is 0 Å². The first-order chi connectivity index (χ1) is 11.7. The number of rotatable bonds is 5. The number of alkyl halides is 4. The smallest absolute Gasteiger partial charge is 0.210 e. The fourth-order valence-corrected chi connectivity index (χ4v) is 3.49. The molecule has 0 aliphatic carbocycles. The van der Waals surface area contributed by atoms with Gasteiger partial charge in [-0.15, -0.1) is 11.6 Å². The Balaban J connectivity index is 2.53. The third-order valence-corrected chi connectivity index (χ3v) is 5.00. The molecule has 0 amide bonds. The van der Waals surface area contributed by atoms with Gasteiger partial charge in [0.15, 0.2) is 0 Å². The van der Waals surface area contributed by atoms with Crippen LogP contribution in [0.1, 0.15) is 11.1 Å². The third-order valence-electron chi connectivity index (χ3n) is 3.33. The first-order valence-corrected chi connectivity index (χ1v) is 8.99. The number of benzene rings is 2. The lowest BCUT2D eigenvalue weighted by atomic mass is 9.94. The van der Waals surface area contributed by atoms with Gasteiger partial charge in [-0.2, -0.15) is 18.4 Å². The molecule has 0 spiro atoms. The van der Waals surface area contributed by atoms with Crippen LogP contribution in [-0.2, 0) is 16.2 Å². The van der Waals surface area contributed by atoms with Crippen LogP contribution in [0.25, 0.3) is 11.1 Å². The van der Waals surface area contributed by atoms with E-state index in [0.29, 0.717) is 0 Å². The van der Waals surface area contributed by atoms with Crippen LogP contribution in [-0.4, -0.2) is 20.8 Å². The van der Waals surface area contributed by atoms with E-state index in [4.69, 9.17) is 16.9 Å². The van der Waals surface area contributed by atoms with Crippen LogP contribution in [0, 0.1) is 11.3 Å². The van der Waals surface area contributed by atoms with Crippen LogP contribution in [0.2, 0.25) is 0 Å². The van der Waals surface area contributed by atoms with Gasteiger partial charge in [0, 0.05) is 18.0 Å². The summed E-state index contributed by atoms with van der Waals surface area (Å²) in [4.78, 5) is -0.107. The van der Waals surface area contributed by atoms with E-state index < -0.39 is 21.8 Å². The second-order valence-corrected chi connectivity index (χ2v) is 7.09. The number of hydrogen-bond acceptors (Lipinski definition) is 3. The fourth-order valence-electron chi connectivity index (χ4n) is 2.25. The Morgan fingerprint density at radius 2 is 1.76 bits per heavy atom. The van der Waals surface area contributed by atoms with Gasteiger partial charge in [0.05, 0.1) is 22.1 Å². The number of nitrogens with zero attached hydrogens (tertiary/aromatic N) is 1. The van der Waals surface area contributed by atoms with E-state index in [9.17, 15) is 21.6 Å². The Morgan fingerprint density at radius 3 is 2.28 bits per heavy atom. The molecule has 9 heteroatoms. The van der Waals surface area contributed by atoms with E-state index in [2.05, 4.69) is 4.72 Å². The molecule has 0 aromatic heterocycles. The van der Waals surface area contributed by atoms with Gasteiger partial charge in [-0.05, 0) is 29.8 Å². The first-order valence-electron chi connectivity index (χ1n) is 6.97. The molecule has 132 valence electrons. The number of nitrogens with one attached hydrogen (secondary N) is 1. The summed E-state index contributed by atoms with van der Waals surface area (Å²) in [6, 6.07) is 9.87. The van der Waals surface area contributed by atoms with Crippen molar-refractivity contribution in [2.45, 2.75) is 11.1 Å². The van der Waals surface area contributed by atoms with Gasteiger partial charge in [-0.25, -0.2) is 13.1 Å². The molecule has 25 heavy (non-hydrogen) atoms. The van der Waals surface area contributed by atoms with Crippen molar-refractivity contribution in [2.24, 2.45) is 0 Å². The lowest BCUT2D eigenvalue weighted by molar-refractivity contribution is -0.137. The van der Waals surface area contributed by atoms with Gasteiger partial charge in [0.2, 0.25) is 10.0 Å². The summed E-state index contributed by atoms with van der Waals surface area (Å²) in [5.74, 6) is 0.0851. The van der Waals surface area contributed by atoms with Gasteiger partial charge in [-0.1, -0.05) is 18.2 Å². The minimum Gasteiger partial charge on any atom is -0.210 e. The van der Waals surface area contributed by atoms with Crippen LogP contribution in [0.5, 0.6) is 0 Å². The Kier molecular flexibility index (Phi) is 5.72. The predicted octanol–water partition coefficient (Wildman–Crippen LogP) is 3.76. The van der Waals surface area contributed by atoms with Crippen molar-refractivity contribution < 1.29 is 21.6 Å². The van der Waals surface area contributed by atoms with E-state index in [-0.39, 0.29) is 34.0 Å². The molecule has 0 aliphatic rings. The zero-order chi connectivity index (χ0) is 18.7. The van der Waals surface area contributed by atoms with Gasteiger partial charge >= 0.3 is 6.18 Å². The SMILES string of the molecule is N#Cc1cccc(C(F)(F)F)c1-c1ccc(S(=O)(=O)NCCCl)cc1. The highest BCUT2D eigenvalue weighted by Gasteiger charge is 2.34. The highest BCUT2D eigenvalue weighted by Crippen LogP contribution is 2.39. The van der Waals surface area contributed by atoms with Crippen molar-refractivity contribution >= 4 is 21.6 Å². The summed E-state index contributed by atoms with van der Waals surface area (Å²) in [6.45, 7) is 0.0289. The minimum absolute atomic E-state index is 0.0289. The molecule has 4 nitrogen and oxygen atoms in total. The van der Waals surface area contributed by atoms with E-state index in [1.165, 1.54) is 30.3 Å². The van der Waals surface area contributed by atoms with Crippen LogP contribution >= 0.6 is 11.6 Å². The summed E-state index contributed by atoms with van der Waals surface area (Å²) in [6.07, 6.45) is -4.64. The predicted molar refractivity (Wildman–Crippen MR) is 87.5 cm³/mol. The van der Waals surface area contributed by atoms with E-state index in [1.54, 1.807) is 6.07 Å². The summed E-state index contributed by atoms with van der Waals surface area (Å²) < 4.78 is 65.9. The van der Waals surface area contributed by atoms with E-state index >= 15 is 0 Å². The topological polar surface area (TPSA) is 70.0 Å². The molecule has 2 aromatic carbocycles. The van der Waals surface area contributed by atoms with E-state index in [0.717, 1.165) is 12.1 Å². The van der Waals surface area contributed by atoms with Crippen molar-refractivity contribution in [3.05, 3.63) is 53.6 Å². The molecule has 1 N–H and O–H groups in total. The maximum Gasteiger partial charge on any atom is 0.417 e. The second kappa shape index (κ2) is 7.44. The van der Waals surface area contributed by atoms with Gasteiger partial charge in [0.1, 0.15) is 0 Å². The standard InChI is InChI=1S/C16H12ClF3N2O2S/c17-8-9-22-25(23,24)13-6-4-11(5-7-13)15-12(10-21)2-1-3-14(15)16(18,19)20/h1-7,22H,8-9H2. The minimum atomic E-state index is -4.64. The Morgan fingerprint density at radius 1 is 1.12 bits per heavy atom. The van der Waals surface area contributed by atoms with Crippen molar-refractivity contribution in [1.82, 2.24) is 4.72 Å². The normalized spacial score (nSPS) is 12.0. The van der Waals surface area contributed by atoms with E-state index in [1.807, 2.05) is 0 Å². The molecule has 0 saturated carbocycles. The van der Waals surface area contributed by atoms with Crippen LogP contribution < -0.4 is 4.72 Å². The number of nitriles is 1. The largest absolute Gasteiger partial charge is 0.417 e. The van der Waals surface area contributed by atoms with Crippen molar-refractivity contribution in [3.8, 4) is 17.2 Å². The summed E-state index contributed by atoms with van der Waals surface area (Å²) in [7, 11) is -3.80. The number of hydrogen-bond donors (Lipinski definition) is 1. The average Bonchev–Trinajstić information content (AvgIpc) is 2.58. The third kappa shape index (κ3) is 4.31. The highest BCUT2D eigenvalue weighted by atomic mass is 35.5. The molecule has 0 radical (unpaired) electrons. The van der Waals surface area contributed by atoms with Gasteiger partial charge in [-0.3, -0.25) is 0 Å². The average molecular weight is 389 g/mol. The molecule has 0 aliphatic heterocycles. The molecule has 0 bridgehead atoms. The van der Waals surface area contributed by atoms with Gasteiger partial charge in [0.25, 0.3) is 0 Å². The Labute approximate surface area is 147 Å². The summed E-state index contributed by atoms with van der Waals surface area (Å²) in [5.41, 5.74) is -1.29. The molecule has 2 aromatic rings. The fraction of sp³-hybridized carbons (Fsp3) is 0.188.